The molecule has 0 bridgehead atoms. The van der Waals surface area contributed by atoms with Gasteiger partial charge in [0.05, 0.1) is 0 Å². The molecule has 1 heterocycles. The zero-order valence-electron chi connectivity index (χ0n) is 16.0. The zero-order chi connectivity index (χ0) is 20.1. The summed E-state index contributed by atoms with van der Waals surface area (Å²) in [7, 11) is 0. The van der Waals surface area contributed by atoms with E-state index < -0.39 is 6.04 Å². The van der Waals surface area contributed by atoms with Crippen LogP contribution in [-0.4, -0.2) is 28.1 Å². The second-order valence-corrected chi connectivity index (χ2v) is 7.81. The van der Waals surface area contributed by atoms with Crippen LogP contribution >= 0.6 is 11.3 Å². The van der Waals surface area contributed by atoms with E-state index in [-0.39, 0.29) is 17.7 Å². The molecule has 0 unspecified atom stereocenters. The monoisotopic (exact) mass is 394 g/mol. The van der Waals surface area contributed by atoms with Crippen LogP contribution in [0.25, 0.3) is 10.6 Å². The van der Waals surface area contributed by atoms with E-state index in [0.717, 1.165) is 16.1 Å². The molecule has 3 rings (SSSR count). The molecule has 2 aromatic carbocycles. The van der Waals surface area contributed by atoms with E-state index in [1.54, 1.807) is 24.3 Å². The molecule has 1 aromatic heterocycles. The summed E-state index contributed by atoms with van der Waals surface area (Å²) in [6.45, 7) is 5.78. The van der Waals surface area contributed by atoms with E-state index in [0.29, 0.717) is 10.7 Å². The van der Waals surface area contributed by atoms with Crippen LogP contribution in [0.15, 0.2) is 54.6 Å². The Hall–Kier alpha value is -3.06. The van der Waals surface area contributed by atoms with Gasteiger partial charge in [0, 0.05) is 11.1 Å². The average Bonchev–Trinajstić information content (AvgIpc) is 3.15. The summed E-state index contributed by atoms with van der Waals surface area (Å²) in [5.74, 6) is -0.685. The molecule has 0 saturated carbocycles. The summed E-state index contributed by atoms with van der Waals surface area (Å²) in [6.07, 6.45) is 0. The molecule has 7 heteroatoms. The number of rotatable bonds is 6. The highest BCUT2D eigenvalue weighted by molar-refractivity contribution is 7.18. The minimum absolute atomic E-state index is 0.0860. The molecule has 0 spiro atoms. The van der Waals surface area contributed by atoms with E-state index in [4.69, 9.17) is 0 Å². The molecule has 0 aliphatic rings. The van der Waals surface area contributed by atoms with E-state index >= 15 is 0 Å². The van der Waals surface area contributed by atoms with Crippen LogP contribution in [-0.2, 0) is 4.79 Å². The first-order chi connectivity index (χ1) is 13.4. The summed E-state index contributed by atoms with van der Waals surface area (Å²) in [5.41, 5.74) is 2.62. The summed E-state index contributed by atoms with van der Waals surface area (Å²) in [4.78, 5) is 25.1. The number of nitrogens with one attached hydrogen (secondary N) is 2. The zero-order valence-corrected chi connectivity index (χ0v) is 16.8. The van der Waals surface area contributed by atoms with Crippen molar-refractivity contribution in [1.82, 2.24) is 15.5 Å². The Balaban J connectivity index is 1.69. The normalized spacial score (nSPS) is 11.9. The number of anilines is 1. The fourth-order valence-corrected chi connectivity index (χ4v) is 3.37. The Kier molecular flexibility index (Phi) is 6.16. The third-order valence-corrected chi connectivity index (χ3v) is 5.11. The molecule has 0 radical (unpaired) electrons. The van der Waals surface area contributed by atoms with Gasteiger partial charge < -0.3 is 5.32 Å². The third-order valence-electron chi connectivity index (χ3n) is 4.23. The molecule has 6 nitrogen and oxygen atoms in total. The van der Waals surface area contributed by atoms with Crippen LogP contribution in [0.2, 0.25) is 0 Å². The van der Waals surface area contributed by atoms with Crippen LogP contribution in [0.5, 0.6) is 0 Å². The summed E-state index contributed by atoms with van der Waals surface area (Å²) in [5, 5.41) is 14.9. The number of benzene rings is 2. The van der Waals surface area contributed by atoms with Crippen molar-refractivity contribution in [1.29, 1.82) is 0 Å². The van der Waals surface area contributed by atoms with Crippen LogP contribution in [0, 0.1) is 12.8 Å². The molecule has 3 aromatic rings. The number of nitrogens with zero attached hydrogens (tertiary/aromatic N) is 2. The van der Waals surface area contributed by atoms with Crippen molar-refractivity contribution >= 4 is 28.3 Å². The van der Waals surface area contributed by atoms with E-state index in [9.17, 15) is 9.59 Å². The van der Waals surface area contributed by atoms with Gasteiger partial charge in [-0.3, -0.25) is 14.9 Å². The van der Waals surface area contributed by atoms with Crippen molar-refractivity contribution in [3.63, 3.8) is 0 Å². The number of aryl methyl sites for hydroxylation is 1. The molecule has 144 valence electrons. The van der Waals surface area contributed by atoms with Crippen LogP contribution in [0.1, 0.15) is 29.8 Å². The van der Waals surface area contributed by atoms with Gasteiger partial charge in [-0.15, -0.1) is 10.2 Å². The van der Waals surface area contributed by atoms with Crippen LogP contribution in [0.3, 0.4) is 0 Å². The number of hydrogen-bond acceptors (Lipinski definition) is 5. The maximum absolute atomic E-state index is 12.7. The lowest BCUT2D eigenvalue weighted by Crippen LogP contribution is -2.47. The summed E-state index contributed by atoms with van der Waals surface area (Å²) < 4.78 is 0. The molecule has 0 aliphatic heterocycles. The van der Waals surface area contributed by atoms with Gasteiger partial charge in [0.2, 0.25) is 11.0 Å². The highest BCUT2D eigenvalue weighted by Gasteiger charge is 2.25. The quantitative estimate of drug-likeness (QED) is 0.664. The fraction of sp³-hybridized carbons (Fsp3) is 0.238. The van der Waals surface area contributed by atoms with Crippen LogP contribution in [0.4, 0.5) is 5.13 Å². The minimum atomic E-state index is -0.681. The SMILES string of the molecule is Cc1ccc(-c2nnc(NC(=O)[C@H](NC(=O)c3ccccc3)C(C)C)s2)cc1. The van der Waals surface area contributed by atoms with Crippen molar-refractivity contribution in [2.24, 2.45) is 5.92 Å². The maximum atomic E-state index is 12.7. The molecular formula is C21H22N4O2S. The summed E-state index contributed by atoms with van der Waals surface area (Å²) >= 11 is 1.30. The molecule has 28 heavy (non-hydrogen) atoms. The van der Waals surface area contributed by atoms with Gasteiger partial charge in [-0.05, 0) is 25.0 Å². The molecule has 1 atom stereocenters. The Labute approximate surface area is 168 Å². The highest BCUT2D eigenvalue weighted by atomic mass is 32.1. The number of amides is 2. The molecular weight excluding hydrogens is 372 g/mol. The largest absolute Gasteiger partial charge is 0.340 e. The third kappa shape index (κ3) is 4.80. The minimum Gasteiger partial charge on any atom is -0.340 e. The van der Waals surface area contributed by atoms with Crippen LogP contribution < -0.4 is 10.6 Å². The van der Waals surface area contributed by atoms with Crippen molar-refractivity contribution in [3.8, 4) is 10.6 Å². The lowest BCUT2D eigenvalue weighted by molar-refractivity contribution is -0.118. The average molecular weight is 395 g/mol. The maximum Gasteiger partial charge on any atom is 0.251 e. The number of carbonyl (C=O) groups is 2. The molecule has 2 N–H and O–H groups in total. The van der Waals surface area contributed by atoms with Gasteiger partial charge in [-0.2, -0.15) is 0 Å². The standard InChI is InChI=1S/C21H22N4O2S/c1-13(2)17(22-18(26)15-7-5-4-6-8-15)19(27)23-21-25-24-20(28-21)16-11-9-14(3)10-12-16/h4-13,17H,1-3H3,(H,22,26)(H,23,25,27)/t17-/m1/s1. The number of aromatic nitrogens is 2. The van der Waals surface area contributed by atoms with E-state index in [2.05, 4.69) is 20.8 Å². The fourth-order valence-electron chi connectivity index (χ4n) is 2.62. The smallest absolute Gasteiger partial charge is 0.251 e. The predicted molar refractivity (Wildman–Crippen MR) is 111 cm³/mol. The molecule has 0 fully saturated rings. The summed E-state index contributed by atoms with van der Waals surface area (Å²) in [6, 6.07) is 16.1. The van der Waals surface area contributed by atoms with E-state index in [1.165, 1.54) is 11.3 Å². The Bertz CT molecular complexity index is 952. The molecule has 0 saturated heterocycles. The van der Waals surface area contributed by atoms with Gasteiger partial charge in [0.15, 0.2) is 0 Å². The topological polar surface area (TPSA) is 84.0 Å². The first kappa shape index (κ1) is 19.7. The van der Waals surface area contributed by atoms with Gasteiger partial charge in [-0.25, -0.2) is 0 Å². The van der Waals surface area contributed by atoms with Gasteiger partial charge in [-0.1, -0.05) is 73.2 Å². The Morgan fingerprint density at radius 2 is 1.64 bits per heavy atom. The van der Waals surface area contributed by atoms with E-state index in [1.807, 2.05) is 51.1 Å². The molecule has 2 amide bonds. The lowest BCUT2D eigenvalue weighted by Gasteiger charge is -2.21. The molecule has 0 aliphatic carbocycles. The Morgan fingerprint density at radius 1 is 0.964 bits per heavy atom. The predicted octanol–water partition coefficient (Wildman–Crippen LogP) is 3.91. The highest BCUT2D eigenvalue weighted by Crippen LogP contribution is 2.26. The van der Waals surface area contributed by atoms with Gasteiger partial charge >= 0.3 is 0 Å². The van der Waals surface area contributed by atoms with Crippen molar-refractivity contribution in [2.45, 2.75) is 26.8 Å². The number of hydrogen-bond donors (Lipinski definition) is 2. The van der Waals surface area contributed by atoms with Gasteiger partial charge in [0.1, 0.15) is 11.0 Å². The number of carbonyl (C=O) groups excluding carboxylic acids is 2. The first-order valence-corrected chi connectivity index (χ1v) is 9.83. The second kappa shape index (κ2) is 8.75. The van der Waals surface area contributed by atoms with Crippen molar-refractivity contribution in [2.75, 3.05) is 5.32 Å². The Morgan fingerprint density at radius 3 is 2.29 bits per heavy atom. The lowest BCUT2D eigenvalue weighted by atomic mass is 10.0. The first-order valence-electron chi connectivity index (χ1n) is 9.01. The van der Waals surface area contributed by atoms with Gasteiger partial charge in [0.25, 0.3) is 5.91 Å². The van der Waals surface area contributed by atoms with Crippen molar-refractivity contribution < 1.29 is 9.59 Å². The van der Waals surface area contributed by atoms with Crippen molar-refractivity contribution in [3.05, 3.63) is 65.7 Å². The second-order valence-electron chi connectivity index (χ2n) is 6.83.